The molecule has 7 aromatic rings. The number of aromatic nitrogens is 1. The van der Waals surface area contributed by atoms with E-state index in [1.165, 1.54) is 6.07 Å². The van der Waals surface area contributed by atoms with Crippen molar-refractivity contribution in [3.8, 4) is 11.5 Å². The molecule has 0 bridgehead atoms. The first-order chi connectivity index (χ1) is 25.3. The summed E-state index contributed by atoms with van der Waals surface area (Å²) in [4.78, 5) is 42.4. The van der Waals surface area contributed by atoms with Crippen molar-refractivity contribution in [3.05, 3.63) is 153 Å². The molecule has 2 heterocycles. The Morgan fingerprint density at radius 1 is 0.692 bits per heavy atom. The van der Waals surface area contributed by atoms with Crippen LogP contribution in [0.2, 0.25) is 10.0 Å². The van der Waals surface area contributed by atoms with Crippen molar-refractivity contribution in [1.29, 1.82) is 0 Å². The lowest BCUT2D eigenvalue weighted by Gasteiger charge is -2.14. The van der Waals surface area contributed by atoms with Crippen molar-refractivity contribution in [1.82, 2.24) is 10.3 Å². The van der Waals surface area contributed by atoms with Gasteiger partial charge in [-0.15, -0.1) is 0 Å². The van der Waals surface area contributed by atoms with Gasteiger partial charge < -0.3 is 24.5 Å². The molecular formula is C41H31Cl2N3O6. The highest BCUT2D eigenvalue weighted by atomic mass is 35.5. The zero-order valence-corrected chi connectivity index (χ0v) is 29.1. The molecule has 9 nitrogen and oxygen atoms in total. The summed E-state index contributed by atoms with van der Waals surface area (Å²) in [6.07, 6.45) is 0.250. The number of fused-ring (bicyclic) bond motifs is 3. The Balaban J connectivity index is 0.000000169. The number of nitrogens with zero attached hydrogens (tertiary/aromatic N) is 1. The van der Waals surface area contributed by atoms with E-state index in [2.05, 4.69) is 15.6 Å². The predicted octanol–water partition coefficient (Wildman–Crippen LogP) is 8.90. The molecule has 2 N–H and O–H groups in total. The van der Waals surface area contributed by atoms with Crippen LogP contribution in [0.4, 0.5) is 5.69 Å². The van der Waals surface area contributed by atoms with Gasteiger partial charge in [0.15, 0.2) is 6.29 Å². The molecular weight excluding hydrogens is 701 g/mol. The number of hydrogen-bond donors (Lipinski definition) is 2. The molecule has 0 unspecified atom stereocenters. The minimum absolute atomic E-state index is 0.295. The number of halogens is 2. The molecule has 1 aliphatic rings. The van der Waals surface area contributed by atoms with Crippen molar-refractivity contribution in [2.45, 2.75) is 12.7 Å². The van der Waals surface area contributed by atoms with E-state index in [0.29, 0.717) is 69.8 Å². The van der Waals surface area contributed by atoms with E-state index < -0.39 is 5.63 Å². The second-order valence-corrected chi connectivity index (χ2v) is 12.8. The third-order valence-electron chi connectivity index (χ3n) is 8.48. The lowest BCUT2D eigenvalue weighted by atomic mass is 10.0. The smallest absolute Gasteiger partial charge is 0.347 e. The van der Waals surface area contributed by atoms with Crippen LogP contribution in [0.3, 0.4) is 0 Å². The maximum atomic E-state index is 13.0. The number of anilines is 1. The van der Waals surface area contributed by atoms with Gasteiger partial charge in [-0.2, -0.15) is 0 Å². The van der Waals surface area contributed by atoms with Crippen LogP contribution in [-0.2, 0) is 9.47 Å². The molecule has 52 heavy (non-hydrogen) atoms. The maximum absolute atomic E-state index is 13.0. The topological polar surface area (TPSA) is 120 Å². The summed E-state index contributed by atoms with van der Waals surface area (Å²) in [6.45, 7) is 1.52. The molecule has 11 heteroatoms. The summed E-state index contributed by atoms with van der Waals surface area (Å²) in [6, 6.07) is 36.8. The highest BCUT2D eigenvalue weighted by Crippen LogP contribution is 2.28. The number of carbonyl (C=O) groups excluding carboxylic acids is 2. The van der Waals surface area contributed by atoms with Gasteiger partial charge in [0.05, 0.1) is 35.4 Å². The lowest BCUT2D eigenvalue weighted by molar-refractivity contribution is -0.0455. The Morgan fingerprint density at radius 2 is 1.35 bits per heavy atom. The number of carbonyl (C=O) groups is 2. The molecule has 0 saturated carbocycles. The summed E-state index contributed by atoms with van der Waals surface area (Å²) in [7, 11) is 0. The van der Waals surface area contributed by atoms with E-state index in [4.69, 9.17) is 37.1 Å². The van der Waals surface area contributed by atoms with Crippen LogP contribution < -0.4 is 16.3 Å². The number of hydrogen-bond acceptors (Lipinski definition) is 7. The van der Waals surface area contributed by atoms with Crippen molar-refractivity contribution in [2.75, 3.05) is 25.1 Å². The van der Waals surface area contributed by atoms with Crippen LogP contribution in [0.25, 0.3) is 43.9 Å². The van der Waals surface area contributed by atoms with Crippen molar-refractivity contribution in [2.24, 2.45) is 0 Å². The summed E-state index contributed by atoms with van der Waals surface area (Å²) in [5.41, 5.74) is 2.16. The molecule has 0 aliphatic carbocycles. The normalized spacial score (nSPS) is 12.8. The number of ether oxygens (including phenoxy) is 2. The SMILES string of the molecule is O=C(NCCC1OCCO1)c1cc(Cl)ccc1NC(=O)c1cccc2ccccc12.O=c1oc(-c2cccc3ccccc23)nc2ccc(Cl)cc12. The average molecular weight is 733 g/mol. The summed E-state index contributed by atoms with van der Waals surface area (Å²) in [5.74, 6) is -0.309. The molecule has 8 rings (SSSR count). The fraction of sp³-hybridized carbons (Fsp3) is 0.122. The largest absolute Gasteiger partial charge is 0.403 e. The van der Waals surface area contributed by atoms with Crippen molar-refractivity contribution >= 4 is 73.2 Å². The van der Waals surface area contributed by atoms with Gasteiger partial charge in [0.2, 0.25) is 5.89 Å². The summed E-state index contributed by atoms with van der Waals surface area (Å²) < 4.78 is 16.2. The third-order valence-corrected chi connectivity index (χ3v) is 8.95. The van der Waals surface area contributed by atoms with Gasteiger partial charge in [0, 0.05) is 34.1 Å². The average Bonchev–Trinajstić information content (AvgIpc) is 3.69. The Labute approximate surface area is 308 Å². The predicted molar refractivity (Wildman–Crippen MR) is 204 cm³/mol. The fourth-order valence-corrected chi connectivity index (χ4v) is 6.31. The highest BCUT2D eigenvalue weighted by molar-refractivity contribution is 6.31. The fourth-order valence-electron chi connectivity index (χ4n) is 5.97. The maximum Gasteiger partial charge on any atom is 0.347 e. The lowest BCUT2D eigenvalue weighted by Crippen LogP contribution is -2.28. The van der Waals surface area contributed by atoms with E-state index in [1.54, 1.807) is 36.4 Å². The molecule has 1 saturated heterocycles. The molecule has 1 fully saturated rings. The Kier molecular flexibility index (Phi) is 10.6. The minimum Gasteiger partial charge on any atom is -0.403 e. The van der Waals surface area contributed by atoms with Crippen LogP contribution in [0, 0.1) is 0 Å². The zero-order chi connectivity index (χ0) is 36.0. The van der Waals surface area contributed by atoms with Crippen LogP contribution >= 0.6 is 23.2 Å². The van der Waals surface area contributed by atoms with Gasteiger partial charge in [-0.3, -0.25) is 9.59 Å². The van der Waals surface area contributed by atoms with Crippen LogP contribution in [-0.4, -0.2) is 42.8 Å². The minimum atomic E-state index is -0.435. The first-order valence-electron chi connectivity index (χ1n) is 16.5. The van der Waals surface area contributed by atoms with E-state index >= 15 is 0 Å². The van der Waals surface area contributed by atoms with Gasteiger partial charge in [0.25, 0.3) is 11.8 Å². The van der Waals surface area contributed by atoms with Gasteiger partial charge >= 0.3 is 5.63 Å². The van der Waals surface area contributed by atoms with Gasteiger partial charge in [-0.1, -0.05) is 96.0 Å². The first-order valence-corrected chi connectivity index (χ1v) is 17.3. The van der Waals surface area contributed by atoms with E-state index in [9.17, 15) is 14.4 Å². The van der Waals surface area contributed by atoms with E-state index in [1.807, 2.05) is 78.9 Å². The van der Waals surface area contributed by atoms with Crippen LogP contribution in [0.15, 0.2) is 131 Å². The number of amides is 2. The van der Waals surface area contributed by atoms with Crippen molar-refractivity contribution in [3.63, 3.8) is 0 Å². The quantitative estimate of drug-likeness (QED) is 0.168. The number of nitrogens with one attached hydrogen (secondary N) is 2. The van der Waals surface area contributed by atoms with E-state index in [-0.39, 0.29) is 18.1 Å². The number of rotatable bonds is 7. The van der Waals surface area contributed by atoms with Crippen LogP contribution in [0.5, 0.6) is 0 Å². The van der Waals surface area contributed by atoms with Crippen LogP contribution in [0.1, 0.15) is 27.1 Å². The summed E-state index contributed by atoms with van der Waals surface area (Å²) in [5, 5.41) is 10.8. The molecule has 1 aliphatic heterocycles. The standard InChI is InChI=1S/C23H21ClN2O4.C18H10ClNO2/c24-16-8-9-20(19(14-16)22(27)25-11-10-21-29-12-13-30-21)26-23(28)18-7-3-5-15-4-1-2-6-17(15)18;19-12-8-9-16-15(10-12)18(21)22-17(20-16)14-7-3-5-11-4-1-2-6-13(11)14/h1-9,14,21H,10-13H2,(H,25,27)(H,26,28);1-10H. The second-order valence-electron chi connectivity index (χ2n) is 11.9. The molecule has 0 radical (unpaired) electrons. The Hall–Kier alpha value is -5.58. The van der Waals surface area contributed by atoms with Crippen molar-refractivity contribution < 1.29 is 23.5 Å². The van der Waals surface area contributed by atoms with Gasteiger partial charge in [0.1, 0.15) is 0 Å². The Bertz CT molecular complexity index is 2490. The molecule has 1 aromatic heterocycles. The highest BCUT2D eigenvalue weighted by Gasteiger charge is 2.19. The van der Waals surface area contributed by atoms with Gasteiger partial charge in [-0.05, 0) is 70.1 Å². The molecule has 2 amide bonds. The number of benzene rings is 6. The first kappa shape index (κ1) is 34.9. The van der Waals surface area contributed by atoms with E-state index in [0.717, 1.165) is 27.1 Å². The molecule has 0 spiro atoms. The summed E-state index contributed by atoms with van der Waals surface area (Å²) >= 11 is 12.0. The molecule has 6 aromatic carbocycles. The second kappa shape index (κ2) is 15.8. The Morgan fingerprint density at radius 3 is 2.13 bits per heavy atom. The molecule has 260 valence electrons. The van der Waals surface area contributed by atoms with Gasteiger partial charge in [-0.25, -0.2) is 9.78 Å². The molecule has 0 atom stereocenters. The third kappa shape index (κ3) is 7.83. The zero-order valence-electron chi connectivity index (χ0n) is 27.6. The monoisotopic (exact) mass is 731 g/mol.